The van der Waals surface area contributed by atoms with Gasteiger partial charge in [0.05, 0.1) is 35.8 Å². The van der Waals surface area contributed by atoms with E-state index >= 15 is 0 Å². The third-order valence-electron chi connectivity index (χ3n) is 6.22. The van der Waals surface area contributed by atoms with Gasteiger partial charge in [0.2, 0.25) is 0 Å². The zero-order chi connectivity index (χ0) is 27.3. The van der Waals surface area contributed by atoms with Crippen LogP contribution in [0, 0.1) is 6.92 Å². The van der Waals surface area contributed by atoms with Crippen LogP contribution in [-0.2, 0) is 16.6 Å². The number of rotatable bonds is 9. The smallest absolute Gasteiger partial charge is 0.264 e. The van der Waals surface area contributed by atoms with Crippen molar-refractivity contribution in [2.45, 2.75) is 31.3 Å². The number of anilines is 1. The van der Waals surface area contributed by atoms with Gasteiger partial charge in [0.25, 0.3) is 15.9 Å². The maximum atomic E-state index is 14.0. The van der Waals surface area contributed by atoms with Crippen LogP contribution in [0.15, 0.2) is 102 Å². The summed E-state index contributed by atoms with van der Waals surface area (Å²) < 4.78 is 34.6. The summed E-state index contributed by atoms with van der Waals surface area (Å²) in [6.45, 7) is 3.76. The molecule has 0 aliphatic rings. The van der Waals surface area contributed by atoms with E-state index in [4.69, 9.17) is 16.3 Å². The second kappa shape index (κ2) is 11.7. The number of nitrogens with zero attached hydrogens (tertiary/aromatic N) is 1. The molecule has 0 aliphatic heterocycles. The van der Waals surface area contributed by atoms with Gasteiger partial charge in [-0.15, -0.1) is 0 Å². The molecule has 1 N–H and O–H groups in total. The molecule has 0 bridgehead atoms. The Morgan fingerprint density at radius 3 is 2.24 bits per heavy atom. The highest BCUT2D eigenvalue weighted by molar-refractivity contribution is 7.92. The number of aryl methyl sites for hydroxylation is 1. The average Bonchev–Trinajstić information content (AvgIpc) is 2.92. The van der Waals surface area contributed by atoms with Crippen molar-refractivity contribution in [3.63, 3.8) is 0 Å². The van der Waals surface area contributed by atoms with Gasteiger partial charge in [0.15, 0.2) is 0 Å². The monoisotopic (exact) mass is 548 g/mol. The lowest BCUT2D eigenvalue weighted by atomic mass is 10.1. The molecular weight excluding hydrogens is 520 g/mol. The molecule has 0 fully saturated rings. The second-order valence-corrected chi connectivity index (χ2v) is 11.2. The Bertz CT molecular complexity index is 1520. The molecule has 0 aromatic heterocycles. The molecule has 6 nitrogen and oxygen atoms in total. The van der Waals surface area contributed by atoms with Gasteiger partial charge in [0, 0.05) is 10.6 Å². The van der Waals surface area contributed by atoms with Gasteiger partial charge in [-0.25, -0.2) is 8.42 Å². The van der Waals surface area contributed by atoms with Crippen molar-refractivity contribution in [3.05, 3.63) is 124 Å². The van der Waals surface area contributed by atoms with Gasteiger partial charge in [-0.2, -0.15) is 0 Å². The fraction of sp³-hybridized carbons (Fsp3) is 0.167. The van der Waals surface area contributed by atoms with Gasteiger partial charge in [0.1, 0.15) is 5.75 Å². The van der Waals surface area contributed by atoms with Gasteiger partial charge in [-0.05, 0) is 61.9 Å². The molecule has 4 aromatic carbocycles. The number of hydrogen-bond acceptors (Lipinski definition) is 4. The first-order valence-corrected chi connectivity index (χ1v) is 13.9. The Hall–Kier alpha value is -3.81. The van der Waals surface area contributed by atoms with Crippen LogP contribution in [0.3, 0.4) is 0 Å². The van der Waals surface area contributed by atoms with Crippen molar-refractivity contribution in [2.75, 3.05) is 11.4 Å². The number of carbonyl (C=O) groups is 1. The first-order chi connectivity index (χ1) is 18.2. The third-order valence-corrected chi connectivity index (χ3v) is 8.24. The maximum Gasteiger partial charge on any atom is 0.264 e. The van der Waals surface area contributed by atoms with Gasteiger partial charge in [-0.1, -0.05) is 71.8 Å². The van der Waals surface area contributed by atoms with E-state index in [1.807, 2.05) is 38.1 Å². The molecule has 1 atom stereocenters. The van der Waals surface area contributed by atoms with Crippen molar-refractivity contribution >= 4 is 33.2 Å². The molecule has 38 heavy (non-hydrogen) atoms. The SMILES string of the molecule is COc1ccccc1[C@H](C)NC(=O)c1ccccc1N(Cc1ccc(Cl)cc1)S(=O)(=O)c1ccc(C)cc1. The summed E-state index contributed by atoms with van der Waals surface area (Å²) in [6, 6.07) is 27.4. The second-order valence-electron chi connectivity index (χ2n) is 8.91. The Morgan fingerprint density at radius 2 is 1.55 bits per heavy atom. The van der Waals surface area contributed by atoms with Gasteiger partial charge >= 0.3 is 0 Å². The molecule has 4 aromatic rings. The standard InChI is InChI=1S/C30H29ClN2O4S/c1-21-12-18-25(19-13-21)38(35,36)33(20-23-14-16-24(31)17-15-23)28-10-6-4-9-27(28)30(34)32-22(2)26-8-5-7-11-29(26)37-3/h4-19,22H,20H2,1-3H3,(H,32,34)/t22-/m0/s1. The normalized spacial score (nSPS) is 12.0. The van der Waals surface area contributed by atoms with Crippen LogP contribution in [-0.4, -0.2) is 21.4 Å². The van der Waals surface area contributed by atoms with Crippen LogP contribution in [0.2, 0.25) is 5.02 Å². The highest BCUT2D eigenvalue weighted by Gasteiger charge is 2.29. The van der Waals surface area contributed by atoms with E-state index in [1.54, 1.807) is 79.9 Å². The van der Waals surface area contributed by atoms with Crippen LogP contribution in [0.5, 0.6) is 5.75 Å². The van der Waals surface area contributed by atoms with Crippen LogP contribution in [0.4, 0.5) is 5.69 Å². The number of para-hydroxylation sites is 2. The molecule has 8 heteroatoms. The summed E-state index contributed by atoms with van der Waals surface area (Å²) in [5.74, 6) is 0.249. The molecule has 0 unspecified atom stereocenters. The summed E-state index contributed by atoms with van der Waals surface area (Å²) in [5, 5.41) is 3.54. The van der Waals surface area contributed by atoms with Crippen molar-refractivity contribution in [3.8, 4) is 5.75 Å². The van der Waals surface area contributed by atoms with Crippen molar-refractivity contribution in [1.29, 1.82) is 0 Å². The summed E-state index contributed by atoms with van der Waals surface area (Å²) in [4.78, 5) is 13.7. The quantitative estimate of drug-likeness (QED) is 0.257. The zero-order valence-electron chi connectivity index (χ0n) is 21.4. The Morgan fingerprint density at radius 1 is 0.921 bits per heavy atom. The Balaban J connectivity index is 1.75. The van der Waals surface area contributed by atoms with Gasteiger partial charge < -0.3 is 10.1 Å². The minimum Gasteiger partial charge on any atom is -0.496 e. The molecule has 0 heterocycles. The molecule has 1 amide bonds. The number of hydrogen-bond donors (Lipinski definition) is 1. The van der Waals surface area contributed by atoms with Crippen LogP contribution < -0.4 is 14.4 Å². The van der Waals surface area contributed by atoms with Crippen molar-refractivity contribution in [1.82, 2.24) is 5.32 Å². The predicted octanol–water partition coefficient (Wildman–Crippen LogP) is 6.54. The first kappa shape index (κ1) is 27.2. The third kappa shape index (κ3) is 6.01. The number of ether oxygens (including phenoxy) is 1. The summed E-state index contributed by atoms with van der Waals surface area (Å²) in [5.41, 5.74) is 2.98. The molecule has 0 saturated carbocycles. The molecule has 0 aliphatic carbocycles. The Kier molecular flexibility index (Phi) is 8.39. The Labute approximate surface area is 228 Å². The summed E-state index contributed by atoms with van der Waals surface area (Å²) >= 11 is 6.06. The number of amides is 1. The first-order valence-electron chi connectivity index (χ1n) is 12.1. The minimum absolute atomic E-state index is 0.0136. The topological polar surface area (TPSA) is 75.7 Å². The van der Waals surface area contributed by atoms with Crippen LogP contribution in [0.25, 0.3) is 0 Å². The van der Waals surface area contributed by atoms with E-state index in [0.717, 1.165) is 16.7 Å². The fourth-order valence-electron chi connectivity index (χ4n) is 4.15. The largest absolute Gasteiger partial charge is 0.496 e. The molecule has 0 radical (unpaired) electrons. The lowest BCUT2D eigenvalue weighted by Gasteiger charge is -2.27. The number of nitrogens with one attached hydrogen (secondary N) is 1. The molecule has 4 rings (SSSR count). The van der Waals surface area contributed by atoms with Crippen LogP contribution >= 0.6 is 11.6 Å². The highest BCUT2D eigenvalue weighted by atomic mass is 35.5. The number of benzene rings is 4. The molecule has 0 saturated heterocycles. The van der Waals surface area contributed by atoms with E-state index in [0.29, 0.717) is 10.8 Å². The number of methoxy groups -OCH3 is 1. The minimum atomic E-state index is -4.03. The van der Waals surface area contributed by atoms with E-state index in [2.05, 4.69) is 5.32 Å². The lowest BCUT2D eigenvalue weighted by Crippen LogP contribution is -2.34. The zero-order valence-corrected chi connectivity index (χ0v) is 23.0. The van der Waals surface area contributed by atoms with E-state index in [1.165, 1.54) is 4.31 Å². The summed E-state index contributed by atoms with van der Waals surface area (Å²) in [7, 11) is -2.45. The van der Waals surface area contributed by atoms with Crippen molar-refractivity contribution in [2.24, 2.45) is 0 Å². The van der Waals surface area contributed by atoms with Crippen molar-refractivity contribution < 1.29 is 17.9 Å². The number of halogens is 1. The summed E-state index contributed by atoms with van der Waals surface area (Å²) in [6.07, 6.45) is 0. The number of sulfonamides is 1. The molecular formula is C30H29ClN2O4S. The van der Waals surface area contributed by atoms with E-state index < -0.39 is 15.9 Å². The number of carbonyl (C=O) groups excluding carboxylic acids is 1. The predicted molar refractivity (Wildman–Crippen MR) is 151 cm³/mol. The van der Waals surface area contributed by atoms with E-state index in [9.17, 15) is 13.2 Å². The van der Waals surface area contributed by atoms with Gasteiger partial charge in [-0.3, -0.25) is 9.10 Å². The lowest BCUT2D eigenvalue weighted by molar-refractivity contribution is 0.0940. The van der Waals surface area contributed by atoms with Crippen LogP contribution in [0.1, 0.15) is 40.0 Å². The average molecular weight is 549 g/mol. The molecule has 196 valence electrons. The fourth-order valence-corrected chi connectivity index (χ4v) is 5.75. The molecule has 0 spiro atoms. The highest BCUT2D eigenvalue weighted by Crippen LogP contribution is 2.31. The van der Waals surface area contributed by atoms with E-state index in [-0.39, 0.29) is 28.7 Å². The maximum absolute atomic E-state index is 14.0.